The Morgan fingerprint density at radius 1 is 0.909 bits per heavy atom. The monoisotopic (exact) mass is 201 g/mol. The van der Waals surface area contributed by atoms with Crippen molar-refractivity contribution in [3.63, 3.8) is 0 Å². The fourth-order valence-electron chi connectivity index (χ4n) is 0.131. The van der Waals surface area contributed by atoms with E-state index in [-0.39, 0.29) is 0 Å². The molecule has 0 atom stereocenters. The molecule has 0 fully saturated rings. The number of nitrogens with one attached hydrogen (secondary N) is 1. The summed E-state index contributed by atoms with van der Waals surface area (Å²) in [6.07, 6.45) is 0. The van der Waals surface area contributed by atoms with Crippen LogP contribution in [0.2, 0.25) is 0 Å². The summed E-state index contributed by atoms with van der Waals surface area (Å²) in [5.41, 5.74) is -12.1. The lowest BCUT2D eigenvalue weighted by atomic mass is 11.5. The fraction of sp³-hybridized carbons (Fsp3) is 1.00. The van der Waals surface area contributed by atoms with E-state index >= 15 is 0 Å². The molecular formula is C2HF6NOS. The number of rotatable bonds is 0. The smallest absolute Gasteiger partial charge is 0.238 e. The van der Waals surface area contributed by atoms with Gasteiger partial charge in [0.2, 0.25) is 9.73 Å². The van der Waals surface area contributed by atoms with Crippen molar-refractivity contribution < 1.29 is 30.6 Å². The molecule has 0 aromatic heterocycles. The Kier molecular flexibility index (Phi) is 2.16. The minimum absolute atomic E-state index is 5.51. The van der Waals surface area contributed by atoms with Crippen LogP contribution in [0.5, 0.6) is 0 Å². The first-order valence-electron chi connectivity index (χ1n) is 1.91. The van der Waals surface area contributed by atoms with Crippen molar-refractivity contribution >= 4 is 9.73 Å². The Balaban J connectivity index is 5.11. The molecule has 0 aliphatic carbocycles. The third kappa shape index (κ3) is 1.76. The molecule has 0 aromatic rings. The maximum Gasteiger partial charge on any atom is 0.487 e. The zero-order valence-corrected chi connectivity index (χ0v) is 5.40. The lowest BCUT2D eigenvalue weighted by Gasteiger charge is -2.12. The number of halogens is 6. The summed E-state index contributed by atoms with van der Waals surface area (Å²) in [5, 5.41) is 0. The zero-order chi connectivity index (χ0) is 9.50. The Labute approximate surface area is 57.2 Å². The Hall–Kier alpha value is -0.470. The molecule has 0 rings (SSSR count). The van der Waals surface area contributed by atoms with Crippen LogP contribution in [0.3, 0.4) is 0 Å². The molecule has 0 bridgehead atoms. The first-order valence-corrected chi connectivity index (χ1v) is 3.47. The average molecular weight is 201 g/mol. The van der Waals surface area contributed by atoms with Crippen molar-refractivity contribution in [3.8, 4) is 0 Å². The van der Waals surface area contributed by atoms with Gasteiger partial charge in [-0.25, -0.2) is 8.99 Å². The largest absolute Gasteiger partial charge is 0.487 e. The van der Waals surface area contributed by atoms with E-state index in [1.54, 1.807) is 0 Å². The van der Waals surface area contributed by atoms with Crippen LogP contribution in [-0.4, -0.2) is 15.2 Å². The summed E-state index contributed by atoms with van der Waals surface area (Å²) in [6, 6.07) is 0. The highest BCUT2D eigenvalue weighted by Crippen LogP contribution is 2.37. The second-order valence-corrected chi connectivity index (χ2v) is 3.49. The molecule has 9 heteroatoms. The third-order valence-corrected chi connectivity index (χ3v) is 1.96. The standard InChI is InChI=1S/C2HF6NOS/c3-1(4,5)11(9,10)2(6,7)8/h9H. The normalized spacial score (nSPS) is 15.1. The lowest BCUT2D eigenvalue weighted by molar-refractivity contribution is -0.0834. The van der Waals surface area contributed by atoms with Crippen molar-refractivity contribution in [2.45, 2.75) is 11.0 Å². The fourth-order valence-corrected chi connectivity index (χ4v) is 0.394. The maximum absolute atomic E-state index is 11.1. The summed E-state index contributed by atoms with van der Waals surface area (Å²) in [6.45, 7) is 0. The van der Waals surface area contributed by atoms with Gasteiger partial charge in [-0.05, 0) is 0 Å². The Bertz CT molecular complexity index is 212. The minimum atomic E-state index is -6.51. The molecule has 0 unspecified atom stereocenters. The van der Waals surface area contributed by atoms with Crippen molar-refractivity contribution in [2.24, 2.45) is 0 Å². The Morgan fingerprint density at radius 2 is 1.09 bits per heavy atom. The highest BCUT2D eigenvalue weighted by atomic mass is 32.2. The quantitative estimate of drug-likeness (QED) is 0.599. The van der Waals surface area contributed by atoms with E-state index in [0.717, 1.165) is 0 Å². The first kappa shape index (κ1) is 10.5. The predicted molar refractivity (Wildman–Crippen MR) is 23.0 cm³/mol. The number of hydrogen-bond acceptors (Lipinski definition) is 2. The molecule has 68 valence electrons. The van der Waals surface area contributed by atoms with E-state index in [4.69, 9.17) is 4.78 Å². The van der Waals surface area contributed by atoms with E-state index in [2.05, 4.69) is 0 Å². The van der Waals surface area contributed by atoms with E-state index in [9.17, 15) is 30.6 Å². The van der Waals surface area contributed by atoms with E-state index in [0.29, 0.717) is 0 Å². The van der Waals surface area contributed by atoms with E-state index in [1.807, 2.05) is 0 Å². The molecule has 0 saturated heterocycles. The van der Waals surface area contributed by atoms with Gasteiger partial charge in [-0.2, -0.15) is 26.3 Å². The molecule has 0 saturated carbocycles. The molecule has 0 spiro atoms. The maximum atomic E-state index is 11.1. The molecule has 0 amide bonds. The van der Waals surface area contributed by atoms with Gasteiger partial charge < -0.3 is 0 Å². The van der Waals surface area contributed by atoms with Gasteiger partial charge in [0.25, 0.3) is 0 Å². The minimum Gasteiger partial charge on any atom is -0.238 e. The van der Waals surface area contributed by atoms with Crippen molar-refractivity contribution in [1.82, 2.24) is 0 Å². The summed E-state index contributed by atoms with van der Waals surface area (Å²) < 4.78 is 82.0. The van der Waals surface area contributed by atoms with Crippen molar-refractivity contribution in [3.05, 3.63) is 0 Å². The van der Waals surface area contributed by atoms with Gasteiger partial charge in [0.15, 0.2) is 0 Å². The van der Waals surface area contributed by atoms with E-state index in [1.165, 1.54) is 0 Å². The van der Waals surface area contributed by atoms with Gasteiger partial charge in [0.1, 0.15) is 0 Å². The second kappa shape index (κ2) is 2.26. The summed E-state index contributed by atoms with van der Waals surface area (Å²) >= 11 is 0. The third-order valence-electron chi connectivity index (χ3n) is 0.652. The van der Waals surface area contributed by atoms with Crippen LogP contribution in [0, 0.1) is 4.78 Å². The second-order valence-electron chi connectivity index (χ2n) is 1.45. The van der Waals surface area contributed by atoms with Gasteiger partial charge in [-0.1, -0.05) is 0 Å². The van der Waals surface area contributed by atoms with Gasteiger partial charge in [-0.15, -0.1) is 0 Å². The molecule has 0 aliphatic heterocycles. The highest BCUT2D eigenvalue weighted by Gasteiger charge is 2.59. The molecule has 0 radical (unpaired) electrons. The number of alkyl halides is 6. The molecule has 0 heterocycles. The molecular weight excluding hydrogens is 200 g/mol. The van der Waals surface area contributed by atoms with Crippen LogP contribution in [0.1, 0.15) is 0 Å². The van der Waals surface area contributed by atoms with Crippen molar-refractivity contribution in [1.29, 1.82) is 4.78 Å². The van der Waals surface area contributed by atoms with Gasteiger partial charge in [-0.3, -0.25) is 0 Å². The Morgan fingerprint density at radius 3 is 1.09 bits per heavy atom. The molecule has 0 aromatic carbocycles. The molecule has 0 aliphatic rings. The van der Waals surface area contributed by atoms with Crippen LogP contribution in [-0.2, 0) is 9.73 Å². The van der Waals surface area contributed by atoms with Crippen LogP contribution in [0.4, 0.5) is 26.3 Å². The van der Waals surface area contributed by atoms with Crippen LogP contribution >= 0.6 is 0 Å². The van der Waals surface area contributed by atoms with Crippen LogP contribution in [0.25, 0.3) is 0 Å². The van der Waals surface area contributed by atoms with Gasteiger partial charge in [0, 0.05) is 0 Å². The molecule has 11 heavy (non-hydrogen) atoms. The topological polar surface area (TPSA) is 40.9 Å². The highest BCUT2D eigenvalue weighted by molar-refractivity contribution is 7.94. The summed E-state index contributed by atoms with van der Waals surface area (Å²) in [4.78, 5) is 0. The zero-order valence-electron chi connectivity index (χ0n) is 4.58. The van der Waals surface area contributed by atoms with Crippen LogP contribution < -0.4 is 0 Å². The van der Waals surface area contributed by atoms with Crippen molar-refractivity contribution in [2.75, 3.05) is 0 Å². The van der Waals surface area contributed by atoms with Crippen LogP contribution in [0.15, 0.2) is 0 Å². The van der Waals surface area contributed by atoms with Gasteiger partial charge in [0.05, 0.1) is 0 Å². The molecule has 2 nitrogen and oxygen atoms in total. The van der Waals surface area contributed by atoms with E-state index < -0.39 is 20.7 Å². The lowest BCUT2D eigenvalue weighted by Crippen LogP contribution is -2.35. The first-order chi connectivity index (χ1) is 4.50. The van der Waals surface area contributed by atoms with Gasteiger partial charge >= 0.3 is 11.0 Å². The summed E-state index contributed by atoms with van der Waals surface area (Å²) in [7, 11) is -6.51. The SMILES string of the molecule is N=S(=O)(C(F)(F)F)C(F)(F)F. The molecule has 1 N–H and O–H groups in total. The number of hydrogen-bond donors (Lipinski definition) is 1. The summed E-state index contributed by atoms with van der Waals surface area (Å²) in [5.74, 6) is 0. The average Bonchev–Trinajstić information content (AvgIpc) is 1.58. The predicted octanol–water partition coefficient (Wildman–Crippen LogP) is 2.07.